The fraction of sp³-hybridized carbons (Fsp3) is 0.400. The summed E-state index contributed by atoms with van der Waals surface area (Å²) in [5, 5.41) is 2.87. The molecular formula is C25H38FN3OS. The van der Waals surface area contributed by atoms with Gasteiger partial charge >= 0.3 is 0 Å². The molecule has 0 aliphatic heterocycles. The van der Waals surface area contributed by atoms with Crippen LogP contribution in [0.1, 0.15) is 59.1 Å². The van der Waals surface area contributed by atoms with E-state index in [1.165, 1.54) is 30.2 Å². The molecule has 5 N–H and O–H groups in total. The Kier molecular flexibility index (Phi) is 14.1. The standard InChI is InChI=1S/C20H24FN3OS.C3H8.C2H6/c1-20(2,26-12-14-6-4-3-5-7-14)13-24-18(25)9-8-15-10-16(21)11-17(22)19(15)23;1-3-2;1-2/h3-11H,12-13,22-23H2,1-2H3,(H,24,25);3H2,1-2H3;1-2H3/b9-8+;;. The smallest absolute Gasteiger partial charge is 0.244 e. The zero-order valence-corrected chi connectivity index (χ0v) is 20.5. The van der Waals surface area contributed by atoms with Crippen molar-refractivity contribution in [2.75, 3.05) is 18.0 Å². The summed E-state index contributed by atoms with van der Waals surface area (Å²) in [7, 11) is 0. The van der Waals surface area contributed by atoms with E-state index in [0.29, 0.717) is 12.1 Å². The molecule has 0 aliphatic carbocycles. The van der Waals surface area contributed by atoms with Gasteiger partial charge in [0.25, 0.3) is 0 Å². The van der Waals surface area contributed by atoms with Gasteiger partial charge in [-0.15, -0.1) is 11.8 Å². The Morgan fingerprint density at radius 3 is 2.29 bits per heavy atom. The van der Waals surface area contributed by atoms with Gasteiger partial charge < -0.3 is 16.8 Å². The summed E-state index contributed by atoms with van der Waals surface area (Å²) in [6.45, 7) is 12.9. The Morgan fingerprint density at radius 2 is 1.71 bits per heavy atom. The summed E-state index contributed by atoms with van der Waals surface area (Å²) in [6, 6.07) is 12.6. The van der Waals surface area contributed by atoms with E-state index in [1.807, 2.05) is 32.0 Å². The first kappa shape index (κ1) is 28.5. The second kappa shape index (κ2) is 15.3. The van der Waals surface area contributed by atoms with Crippen molar-refractivity contribution in [2.24, 2.45) is 0 Å². The van der Waals surface area contributed by atoms with Gasteiger partial charge in [-0.2, -0.15) is 0 Å². The lowest BCUT2D eigenvalue weighted by atomic mass is 10.1. The highest BCUT2D eigenvalue weighted by molar-refractivity contribution is 7.99. The fourth-order valence-corrected chi connectivity index (χ4v) is 3.15. The quantitative estimate of drug-likeness (QED) is 0.345. The number of carbonyl (C=O) groups is 1. The first-order chi connectivity index (χ1) is 14.7. The lowest BCUT2D eigenvalue weighted by molar-refractivity contribution is -0.116. The molecule has 4 nitrogen and oxygen atoms in total. The van der Waals surface area contributed by atoms with Crippen LogP contribution in [0.5, 0.6) is 0 Å². The molecule has 172 valence electrons. The minimum atomic E-state index is -0.491. The minimum Gasteiger partial charge on any atom is -0.397 e. The molecule has 0 atom stereocenters. The first-order valence-corrected chi connectivity index (χ1v) is 11.6. The Balaban J connectivity index is 0.00000165. The number of nitrogens with one attached hydrogen (secondary N) is 1. The summed E-state index contributed by atoms with van der Waals surface area (Å²) in [5.74, 6) is 0.120. The van der Waals surface area contributed by atoms with E-state index in [-0.39, 0.29) is 22.0 Å². The molecule has 0 saturated carbocycles. The van der Waals surface area contributed by atoms with Crippen LogP contribution in [0.4, 0.5) is 15.8 Å². The van der Waals surface area contributed by atoms with Gasteiger partial charge in [-0.25, -0.2) is 4.39 Å². The van der Waals surface area contributed by atoms with Gasteiger partial charge in [0.15, 0.2) is 0 Å². The van der Waals surface area contributed by atoms with Crippen molar-refractivity contribution in [3.8, 4) is 0 Å². The Bertz CT molecular complexity index is 808. The number of halogens is 1. The van der Waals surface area contributed by atoms with E-state index in [2.05, 4.69) is 45.1 Å². The van der Waals surface area contributed by atoms with E-state index in [4.69, 9.17) is 11.5 Å². The second-order valence-electron chi connectivity index (χ2n) is 7.29. The van der Waals surface area contributed by atoms with Gasteiger partial charge in [0, 0.05) is 28.7 Å². The molecule has 0 spiro atoms. The van der Waals surface area contributed by atoms with E-state index >= 15 is 0 Å². The lowest BCUT2D eigenvalue weighted by Crippen LogP contribution is -2.35. The predicted molar refractivity (Wildman–Crippen MR) is 136 cm³/mol. The maximum absolute atomic E-state index is 13.4. The number of nitrogens with two attached hydrogens (primary N) is 2. The van der Waals surface area contributed by atoms with Crippen LogP contribution in [-0.4, -0.2) is 17.2 Å². The Morgan fingerprint density at radius 1 is 1.13 bits per heavy atom. The minimum absolute atomic E-state index is 0.123. The maximum Gasteiger partial charge on any atom is 0.244 e. The van der Waals surface area contributed by atoms with Gasteiger partial charge in [-0.05, 0) is 37.6 Å². The topological polar surface area (TPSA) is 81.1 Å². The van der Waals surface area contributed by atoms with Crippen LogP contribution in [0.25, 0.3) is 6.08 Å². The summed E-state index contributed by atoms with van der Waals surface area (Å²) < 4.78 is 13.3. The molecule has 2 aromatic rings. The third kappa shape index (κ3) is 12.1. The van der Waals surface area contributed by atoms with Crippen LogP contribution in [0.2, 0.25) is 0 Å². The number of rotatable bonds is 7. The van der Waals surface area contributed by atoms with Crippen LogP contribution < -0.4 is 16.8 Å². The number of amides is 1. The number of thioether (sulfide) groups is 1. The SMILES string of the molecule is CC.CC(C)(CNC(=O)/C=C/c1cc(F)cc(N)c1N)SCc1ccccc1.CCC. The molecule has 6 heteroatoms. The van der Waals surface area contributed by atoms with Gasteiger partial charge in [0.05, 0.1) is 11.4 Å². The zero-order chi connectivity index (χ0) is 23.9. The van der Waals surface area contributed by atoms with Crippen LogP contribution in [-0.2, 0) is 10.5 Å². The summed E-state index contributed by atoms with van der Waals surface area (Å²) in [4.78, 5) is 12.0. The highest BCUT2D eigenvalue weighted by atomic mass is 32.2. The molecule has 31 heavy (non-hydrogen) atoms. The predicted octanol–water partition coefficient (Wildman–Crippen LogP) is 6.27. The van der Waals surface area contributed by atoms with Gasteiger partial charge in [-0.1, -0.05) is 64.4 Å². The molecule has 0 heterocycles. The molecule has 0 aromatic heterocycles. The zero-order valence-electron chi connectivity index (χ0n) is 19.7. The van der Waals surface area contributed by atoms with Crippen LogP contribution in [0.15, 0.2) is 48.5 Å². The van der Waals surface area contributed by atoms with Crippen LogP contribution in [0.3, 0.4) is 0 Å². The van der Waals surface area contributed by atoms with Crippen molar-refractivity contribution >= 4 is 35.1 Å². The van der Waals surface area contributed by atoms with E-state index in [9.17, 15) is 9.18 Å². The number of hydrogen-bond acceptors (Lipinski definition) is 4. The molecule has 2 rings (SSSR count). The monoisotopic (exact) mass is 447 g/mol. The summed E-state index contributed by atoms with van der Waals surface area (Å²) >= 11 is 1.77. The van der Waals surface area contributed by atoms with Crippen molar-refractivity contribution in [1.29, 1.82) is 0 Å². The molecule has 0 fully saturated rings. The van der Waals surface area contributed by atoms with E-state index < -0.39 is 5.82 Å². The molecule has 1 amide bonds. The number of anilines is 2. The average molecular weight is 448 g/mol. The van der Waals surface area contributed by atoms with Crippen LogP contribution >= 0.6 is 11.8 Å². The summed E-state index contributed by atoms with van der Waals surface area (Å²) in [6.07, 6.45) is 4.05. The highest BCUT2D eigenvalue weighted by Gasteiger charge is 2.19. The number of hydrogen-bond donors (Lipinski definition) is 3. The summed E-state index contributed by atoms with van der Waals surface area (Å²) in [5.41, 5.74) is 13.5. The lowest BCUT2D eigenvalue weighted by Gasteiger charge is -2.24. The van der Waals surface area contributed by atoms with Crippen molar-refractivity contribution < 1.29 is 9.18 Å². The van der Waals surface area contributed by atoms with E-state index in [0.717, 1.165) is 11.8 Å². The second-order valence-corrected chi connectivity index (χ2v) is 8.97. The molecule has 0 saturated heterocycles. The molecule has 0 bridgehead atoms. The average Bonchev–Trinajstić information content (AvgIpc) is 2.75. The largest absolute Gasteiger partial charge is 0.397 e. The molecule has 0 aliphatic rings. The van der Waals surface area contributed by atoms with Gasteiger partial charge in [0.2, 0.25) is 5.91 Å². The maximum atomic E-state index is 13.4. The fourth-order valence-electron chi connectivity index (χ4n) is 2.23. The molecular weight excluding hydrogens is 409 g/mol. The highest BCUT2D eigenvalue weighted by Crippen LogP contribution is 2.27. The van der Waals surface area contributed by atoms with Crippen molar-refractivity contribution in [2.45, 2.75) is 58.5 Å². The van der Waals surface area contributed by atoms with Crippen molar-refractivity contribution in [3.05, 3.63) is 65.5 Å². The van der Waals surface area contributed by atoms with Gasteiger partial charge in [0.1, 0.15) is 5.82 Å². The number of nitrogen functional groups attached to an aromatic ring is 2. The molecule has 0 radical (unpaired) electrons. The number of benzene rings is 2. The normalized spacial score (nSPS) is 10.5. The van der Waals surface area contributed by atoms with Crippen LogP contribution in [0, 0.1) is 5.82 Å². The third-order valence-electron chi connectivity index (χ3n) is 3.78. The van der Waals surface area contributed by atoms with Crippen molar-refractivity contribution in [3.63, 3.8) is 0 Å². The van der Waals surface area contributed by atoms with Gasteiger partial charge in [-0.3, -0.25) is 4.79 Å². The Labute approximate surface area is 191 Å². The van der Waals surface area contributed by atoms with Crippen molar-refractivity contribution in [1.82, 2.24) is 5.32 Å². The number of carbonyl (C=O) groups excluding carboxylic acids is 1. The van der Waals surface area contributed by atoms with E-state index in [1.54, 1.807) is 11.8 Å². The Hall–Kier alpha value is -2.47. The first-order valence-electron chi connectivity index (χ1n) is 10.7. The third-order valence-corrected chi connectivity index (χ3v) is 5.19. The molecule has 0 unspecified atom stereocenters. The molecule has 2 aromatic carbocycles.